The molecule has 166 valence electrons. The minimum atomic E-state index is -3.72. The van der Waals surface area contributed by atoms with Crippen LogP contribution in [0.4, 0.5) is 0 Å². The maximum atomic E-state index is 12.8. The standard InChI is InChI=1S/C21H30N2O6S/c1-16-8-9-18(30(26,27)23-10-12-28-13-11-23)14-19(16)21(25)29-15-20(24)22-17-6-4-2-3-5-7-17/h8-9,14,17H,2-7,10-13,15H2,1H3,(H,22,24). The number of rotatable bonds is 6. The molecule has 1 saturated heterocycles. The molecule has 8 nitrogen and oxygen atoms in total. The van der Waals surface area contributed by atoms with Gasteiger partial charge in [-0.2, -0.15) is 4.31 Å². The highest BCUT2D eigenvalue weighted by molar-refractivity contribution is 7.89. The molecule has 0 radical (unpaired) electrons. The third-order valence-electron chi connectivity index (χ3n) is 5.59. The number of carbonyl (C=O) groups excluding carboxylic acids is 2. The normalized spacial score (nSPS) is 19.1. The molecule has 1 amide bonds. The van der Waals surface area contributed by atoms with Gasteiger partial charge in [-0.05, 0) is 37.5 Å². The molecule has 30 heavy (non-hydrogen) atoms. The summed E-state index contributed by atoms with van der Waals surface area (Å²) in [5.41, 5.74) is 0.733. The van der Waals surface area contributed by atoms with Gasteiger partial charge in [-0.15, -0.1) is 0 Å². The van der Waals surface area contributed by atoms with Crippen LogP contribution in [-0.4, -0.2) is 63.6 Å². The molecule has 1 aromatic carbocycles. The number of aryl methyl sites for hydroxylation is 1. The van der Waals surface area contributed by atoms with Gasteiger partial charge in [0.2, 0.25) is 10.0 Å². The van der Waals surface area contributed by atoms with Crippen LogP contribution in [0.15, 0.2) is 23.1 Å². The molecule has 0 unspecified atom stereocenters. The summed E-state index contributed by atoms with van der Waals surface area (Å²) in [6.07, 6.45) is 6.44. The van der Waals surface area contributed by atoms with Crippen LogP contribution in [0.2, 0.25) is 0 Å². The zero-order valence-corrected chi connectivity index (χ0v) is 18.2. The number of hydrogen-bond donors (Lipinski definition) is 1. The lowest BCUT2D eigenvalue weighted by Gasteiger charge is -2.26. The number of nitrogens with one attached hydrogen (secondary N) is 1. The van der Waals surface area contributed by atoms with Crippen LogP contribution in [-0.2, 0) is 24.3 Å². The molecule has 9 heteroatoms. The summed E-state index contributed by atoms with van der Waals surface area (Å²) >= 11 is 0. The Morgan fingerprint density at radius 3 is 2.47 bits per heavy atom. The molecule has 0 aromatic heterocycles. The van der Waals surface area contributed by atoms with Crippen molar-refractivity contribution < 1.29 is 27.5 Å². The monoisotopic (exact) mass is 438 g/mol. The zero-order valence-electron chi connectivity index (χ0n) is 17.4. The summed E-state index contributed by atoms with van der Waals surface area (Å²) in [6.45, 7) is 2.56. The largest absolute Gasteiger partial charge is 0.452 e. The van der Waals surface area contributed by atoms with Crippen LogP contribution in [0, 0.1) is 6.92 Å². The molecule has 0 bridgehead atoms. The first kappa shape index (κ1) is 22.7. The average molecular weight is 439 g/mol. The van der Waals surface area contributed by atoms with E-state index in [-0.39, 0.29) is 42.1 Å². The maximum Gasteiger partial charge on any atom is 0.338 e. The third kappa shape index (κ3) is 5.80. The van der Waals surface area contributed by atoms with Gasteiger partial charge in [0.05, 0.1) is 23.7 Å². The quantitative estimate of drug-likeness (QED) is 0.539. The smallest absolute Gasteiger partial charge is 0.338 e. The van der Waals surface area contributed by atoms with Gasteiger partial charge in [-0.1, -0.05) is 31.7 Å². The molecule has 1 aliphatic heterocycles. The highest BCUT2D eigenvalue weighted by Crippen LogP contribution is 2.21. The van der Waals surface area contributed by atoms with Crippen LogP contribution < -0.4 is 5.32 Å². The van der Waals surface area contributed by atoms with Crippen molar-refractivity contribution in [1.82, 2.24) is 9.62 Å². The van der Waals surface area contributed by atoms with Gasteiger partial charge in [0.25, 0.3) is 5.91 Å². The molecule has 1 heterocycles. The Labute approximate surface area is 178 Å². The van der Waals surface area contributed by atoms with Crippen molar-refractivity contribution in [2.45, 2.75) is 56.4 Å². The molecule has 0 atom stereocenters. The highest BCUT2D eigenvalue weighted by atomic mass is 32.2. The first-order valence-corrected chi connectivity index (χ1v) is 12.0. The van der Waals surface area contributed by atoms with Crippen LogP contribution in [0.25, 0.3) is 0 Å². The Hall–Kier alpha value is -1.97. The van der Waals surface area contributed by atoms with Crippen molar-refractivity contribution in [2.24, 2.45) is 0 Å². The average Bonchev–Trinajstić information content (AvgIpc) is 3.01. The van der Waals surface area contributed by atoms with E-state index in [0.717, 1.165) is 25.7 Å². The van der Waals surface area contributed by atoms with Crippen molar-refractivity contribution in [3.05, 3.63) is 29.3 Å². The molecule has 1 saturated carbocycles. The minimum Gasteiger partial charge on any atom is -0.452 e. The Bertz CT molecular complexity index is 856. The number of benzene rings is 1. The number of hydrogen-bond acceptors (Lipinski definition) is 6. The molecule has 0 spiro atoms. The number of esters is 1. The Kier molecular flexibility index (Phi) is 7.85. The van der Waals surface area contributed by atoms with Crippen molar-refractivity contribution in [3.63, 3.8) is 0 Å². The predicted octanol–water partition coefficient (Wildman–Crippen LogP) is 2.01. The van der Waals surface area contributed by atoms with Crippen molar-refractivity contribution >= 4 is 21.9 Å². The molecule has 1 aromatic rings. The maximum absolute atomic E-state index is 12.8. The molecule has 2 fully saturated rings. The molecule has 3 rings (SSSR count). The summed E-state index contributed by atoms with van der Waals surface area (Å²) in [5.74, 6) is -1.03. The number of nitrogens with zero attached hydrogens (tertiary/aromatic N) is 1. The molecular formula is C21H30N2O6S. The van der Waals surface area contributed by atoms with Gasteiger partial charge in [-0.3, -0.25) is 4.79 Å². The lowest BCUT2D eigenvalue weighted by Crippen LogP contribution is -2.40. The first-order valence-electron chi connectivity index (χ1n) is 10.5. The van der Waals surface area contributed by atoms with Gasteiger partial charge in [0.15, 0.2) is 6.61 Å². The molecule has 1 N–H and O–H groups in total. The van der Waals surface area contributed by atoms with E-state index in [9.17, 15) is 18.0 Å². The van der Waals surface area contributed by atoms with E-state index in [2.05, 4.69) is 5.32 Å². The van der Waals surface area contributed by atoms with Gasteiger partial charge >= 0.3 is 5.97 Å². The Morgan fingerprint density at radius 2 is 1.80 bits per heavy atom. The van der Waals surface area contributed by atoms with Crippen LogP contribution >= 0.6 is 0 Å². The van der Waals surface area contributed by atoms with Gasteiger partial charge < -0.3 is 14.8 Å². The zero-order chi connectivity index (χ0) is 21.6. The second-order valence-corrected chi connectivity index (χ2v) is 9.76. The topological polar surface area (TPSA) is 102 Å². The predicted molar refractivity (Wildman–Crippen MR) is 111 cm³/mol. The Morgan fingerprint density at radius 1 is 1.13 bits per heavy atom. The summed E-state index contributed by atoms with van der Waals surface area (Å²) in [4.78, 5) is 24.7. The fourth-order valence-corrected chi connectivity index (χ4v) is 5.25. The van der Waals surface area contributed by atoms with Gasteiger partial charge in [-0.25, -0.2) is 13.2 Å². The lowest BCUT2D eigenvalue weighted by molar-refractivity contribution is -0.125. The van der Waals surface area contributed by atoms with E-state index in [4.69, 9.17) is 9.47 Å². The third-order valence-corrected chi connectivity index (χ3v) is 7.49. The first-order chi connectivity index (χ1) is 14.4. The van der Waals surface area contributed by atoms with Crippen molar-refractivity contribution in [2.75, 3.05) is 32.9 Å². The van der Waals surface area contributed by atoms with Gasteiger partial charge in [0.1, 0.15) is 0 Å². The number of ether oxygens (including phenoxy) is 2. The van der Waals surface area contributed by atoms with Crippen molar-refractivity contribution in [1.29, 1.82) is 0 Å². The molecule has 2 aliphatic rings. The molecule has 1 aliphatic carbocycles. The Balaban J connectivity index is 1.62. The van der Waals surface area contributed by atoms with E-state index in [1.807, 2.05) is 0 Å². The van der Waals surface area contributed by atoms with E-state index < -0.39 is 16.0 Å². The SMILES string of the molecule is Cc1ccc(S(=O)(=O)N2CCOCC2)cc1C(=O)OCC(=O)NC1CCCCCC1. The number of carbonyl (C=O) groups is 2. The van der Waals surface area contributed by atoms with E-state index in [0.29, 0.717) is 18.8 Å². The lowest BCUT2D eigenvalue weighted by atomic mass is 10.1. The van der Waals surface area contributed by atoms with E-state index in [1.165, 1.54) is 29.3 Å². The fraction of sp³-hybridized carbons (Fsp3) is 0.619. The minimum absolute atomic E-state index is 0.0323. The summed E-state index contributed by atoms with van der Waals surface area (Å²) in [6, 6.07) is 4.51. The summed E-state index contributed by atoms with van der Waals surface area (Å²) < 4.78 is 37.4. The number of sulfonamides is 1. The van der Waals surface area contributed by atoms with Crippen LogP contribution in [0.1, 0.15) is 54.4 Å². The van der Waals surface area contributed by atoms with E-state index in [1.54, 1.807) is 13.0 Å². The number of amides is 1. The van der Waals surface area contributed by atoms with Gasteiger partial charge in [0, 0.05) is 19.1 Å². The second-order valence-electron chi connectivity index (χ2n) is 7.83. The second kappa shape index (κ2) is 10.4. The van der Waals surface area contributed by atoms with Crippen LogP contribution in [0.3, 0.4) is 0 Å². The van der Waals surface area contributed by atoms with Crippen molar-refractivity contribution in [3.8, 4) is 0 Å². The summed E-state index contributed by atoms with van der Waals surface area (Å²) in [7, 11) is -3.72. The number of morpholine rings is 1. The van der Waals surface area contributed by atoms with E-state index >= 15 is 0 Å². The fourth-order valence-electron chi connectivity index (χ4n) is 3.82. The highest BCUT2D eigenvalue weighted by Gasteiger charge is 2.27. The van der Waals surface area contributed by atoms with Crippen LogP contribution in [0.5, 0.6) is 0 Å². The summed E-state index contributed by atoms with van der Waals surface area (Å²) in [5, 5.41) is 2.93. The molecular weight excluding hydrogens is 408 g/mol.